The molecule has 1 fully saturated rings. The summed E-state index contributed by atoms with van der Waals surface area (Å²) in [5, 5.41) is 4.37. The molecule has 1 nitrogen and oxygen atoms in total. The topological polar surface area (TPSA) is 3.24 Å². The van der Waals surface area contributed by atoms with Gasteiger partial charge in [-0.2, -0.15) is 11.3 Å². The minimum atomic E-state index is 1.21. The highest BCUT2D eigenvalue weighted by Gasteiger charge is 2.10. The number of piperidine rings is 1. The van der Waals surface area contributed by atoms with E-state index in [1.165, 1.54) is 31.6 Å². The summed E-state index contributed by atoms with van der Waals surface area (Å²) in [6.07, 6.45) is 4.87. The van der Waals surface area contributed by atoms with Gasteiger partial charge in [-0.25, -0.2) is 0 Å². The molecule has 1 aromatic heterocycles. The second-order valence-electron chi connectivity index (χ2n) is 2.83. The third-order valence-electron chi connectivity index (χ3n) is 2.08. The second kappa shape index (κ2) is 3.26. The van der Waals surface area contributed by atoms with E-state index in [1.54, 1.807) is 11.3 Å². The Kier molecular flexibility index (Phi) is 2.13. The molecule has 0 unspecified atom stereocenters. The smallest absolute Gasteiger partial charge is 0.0474 e. The first-order chi connectivity index (χ1) is 5.47. The fourth-order valence-corrected chi connectivity index (χ4v) is 2.11. The average Bonchev–Trinajstić information content (AvgIpc) is 2.58. The molecular weight excluding hydrogens is 154 g/mol. The Morgan fingerprint density at radius 1 is 1.27 bits per heavy atom. The fourth-order valence-electron chi connectivity index (χ4n) is 1.45. The van der Waals surface area contributed by atoms with Gasteiger partial charge in [0.2, 0.25) is 0 Å². The van der Waals surface area contributed by atoms with Crippen LogP contribution in [0.25, 0.3) is 0 Å². The highest BCUT2D eigenvalue weighted by atomic mass is 32.1. The molecule has 2 heterocycles. The molecule has 1 aliphatic heterocycles. The van der Waals surface area contributed by atoms with E-state index in [0.717, 1.165) is 0 Å². The van der Waals surface area contributed by atoms with Crippen LogP contribution in [0.3, 0.4) is 0 Å². The summed E-state index contributed by atoms with van der Waals surface area (Å²) in [4.78, 5) is 2.45. The third kappa shape index (κ3) is 1.56. The maximum atomic E-state index is 2.45. The Morgan fingerprint density at radius 3 is 2.73 bits per heavy atom. The first kappa shape index (κ1) is 7.17. The number of hydrogen-bond donors (Lipinski definition) is 0. The fraction of sp³-hybridized carbons (Fsp3) is 0.444. The summed E-state index contributed by atoms with van der Waals surface area (Å²) >= 11 is 1.78. The van der Waals surface area contributed by atoms with Gasteiger partial charge in [0.1, 0.15) is 0 Å². The van der Waals surface area contributed by atoms with Crippen LogP contribution in [0.5, 0.6) is 0 Å². The van der Waals surface area contributed by atoms with E-state index < -0.39 is 0 Å². The van der Waals surface area contributed by atoms with Crippen molar-refractivity contribution in [2.75, 3.05) is 18.0 Å². The van der Waals surface area contributed by atoms with Crippen molar-refractivity contribution in [3.8, 4) is 0 Å². The van der Waals surface area contributed by atoms with Crippen molar-refractivity contribution in [1.29, 1.82) is 0 Å². The highest BCUT2D eigenvalue weighted by Crippen LogP contribution is 2.21. The van der Waals surface area contributed by atoms with Crippen LogP contribution in [0.2, 0.25) is 0 Å². The van der Waals surface area contributed by atoms with Crippen molar-refractivity contribution in [3.05, 3.63) is 23.2 Å². The zero-order valence-electron chi connectivity index (χ0n) is 6.49. The quantitative estimate of drug-likeness (QED) is 0.619. The molecule has 1 aliphatic rings. The van der Waals surface area contributed by atoms with Gasteiger partial charge < -0.3 is 4.90 Å². The molecule has 0 spiro atoms. The van der Waals surface area contributed by atoms with E-state index in [4.69, 9.17) is 0 Å². The minimum absolute atomic E-state index is 1.21. The third-order valence-corrected chi connectivity index (χ3v) is 2.75. The van der Waals surface area contributed by atoms with Crippen LogP contribution in [0.1, 0.15) is 12.8 Å². The van der Waals surface area contributed by atoms with E-state index in [0.29, 0.717) is 0 Å². The van der Waals surface area contributed by atoms with Gasteiger partial charge in [-0.1, -0.05) is 0 Å². The molecule has 1 radical (unpaired) electrons. The standard InChI is InChI=1S/C9H12NS/c1-2-5-10(6-3-1)9-4-7-11-8-9/h1,4,7-8H,2-3,5-6H2. The Labute approximate surface area is 71.7 Å². The molecule has 2 rings (SSSR count). The normalized spacial score (nSPS) is 18.7. The van der Waals surface area contributed by atoms with Crippen LogP contribution >= 0.6 is 11.3 Å². The monoisotopic (exact) mass is 166 g/mol. The van der Waals surface area contributed by atoms with E-state index in [2.05, 4.69) is 28.1 Å². The Hall–Kier alpha value is -0.500. The van der Waals surface area contributed by atoms with Crippen LogP contribution in [-0.4, -0.2) is 13.1 Å². The van der Waals surface area contributed by atoms with Gasteiger partial charge in [-0.05, 0) is 30.7 Å². The molecule has 0 amide bonds. The summed E-state index contributed by atoms with van der Waals surface area (Å²) in [7, 11) is 0. The van der Waals surface area contributed by atoms with Crippen LogP contribution < -0.4 is 4.90 Å². The lowest BCUT2D eigenvalue weighted by molar-refractivity contribution is 0.680. The zero-order valence-corrected chi connectivity index (χ0v) is 7.31. The number of hydrogen-bond acceptors (Lipinski definition) is 2. The lowest BCUT2D eigenvalue weighted by Crippen LogP contribution is -2.29. The molecule has 0 aromatic carbocycles. The molecule has 59 valence electrons. The molecule has 0 saturated carbocycles. The lowest BCUT2D eigenvalue weighted by Gasteiger charge is -2.27. The molecule has 1 saturated heterocycles. The summed E-state index contributed by atoms with van der Waals surface area (Å²) in [6, 6.07) is 2.20. The van der Waals surface area contributed by atoms with Gasteiger partial charge in [0.25, 0.3) is 0 Å². The van der Waals surface area contributed by atoms with Gasteiger partial charge in [0, 0.05) is 24.2 Å². The first-order valence-electron chi connectivity index (χ1n) is 4.05. The Morgan fingerprint density at radius 2 is 2.09 bits per heavy atom. The summed E-state index contributed by atoms with van der Waals surface area (Å²) in [6.45, 7) is 2.41. The molecule has 0 aliphatic carbocycles. The largest absolute Gasteiger partial charge is 0.371 e. The zero-order chi connectivity index (χ0) is 7.52. The molecule has 0 bridgehead atoms. The number of rotatable bonds is 1. The molecule has 0 atom stereocenters. The minimum Gasteiger partial charge on any atom is -0.371 e. The molecule has 11 heavy (non-hydrogen) atoms. The van der Waals surface area contributed by atoms with Crippen molar-refractivity contribution in [3.63, 3.8) is 0 Å². The van der Waals surface area contributed by atoms with Gasteiger partial charge >= 0.3 is 0 Å². The molecule has 0 N–H and O–H groups in total. The van der Waals surface area contributed by atoms with Crippen molar-refractivity contribution in [2.24, 2.45) is 0 Å². The van der Waals surface area contributed by atoms with Crippen LogP contribution in [-0.2, 0) is 0 Å². The van der Waals surface area contributed by atoms with Crippen molar-refractivity contribution in [1.82, 2.24) is 0 Å². The SMILES string of the molecule is [CH]1CCN(c2ccsc2)CC1. The molecule has 1 aromatic rings. The van der Waals surface area contributed by atoms with Crippen molar-refractivity contribution in [2.45, 2.75) is 12.8 Å². The van der Waals surface area contributed by atoms with E-state index in [9.17, 15) is 0 Å². The molecular formula is C9H12NS. The van der Waals surface area contributed by atoms with Crippen LogP contribution in [0.15, 0.2) is 16.8 Å². The second-order valence-corrected chi connectivity index (χ2v) is 3.61. The number of nitrogens with zero attached hydrogens (tertiary/aromatic N) is 1. The van der Waals surface area contributed by atoms with Gasteiger partial charge in [-0.15, -0.1) is 0 Å². The van der Waals surface area contributed by atoms with E-state index in [-0.39, 0.29) is 0 Å². The Balaban J connectivity index is 2.04. The van der Waals surface area contributed by atoms with E-state index in [1.807, 2.05) is 0 Å². The van der Waals surface area contributed by atoms with Crippen LogP contribution in [0, 0.1) is 6.42 Å². The van der Waals surface area contributed by atoms with Gasteiger partial charge in [0.15, 0.2) is 0 Å². The maximum absolute atomic E-state index is 2.45. The first-order valence-corrected chi connectivity index (χ1v) is 5.00. The summed E-state index contributed by atoms with van der Waals surface area (Å²) in [5.41, 5.74) is 1.41. The number of thiophene rings is 1. The summed E-state index contributed by atoms with van der Waals surface area (Å²) in [5.74, 6) is 0. The average molecular weight is 166 g/mol. The van der Waals surface area contributed by atoms with E-state index >= 15 is 0 Å². The highest BCUT2D eigenvalue weighted by molar-refractivity contribution is 7.08. The molecule has 2 heteroatoms. The van der Waals surface area contributed by atoms with Gasteiger partial charge in [-0.3, -0.25) is 0 Å². The van der Waals surface area contributed by atoms with Crippen LogP contribution in [0.4, 0.5) is 5.69 Å². The predicted octanol–water partition coefficient (Wildman–Crippen LogP) is 2.55. The maximum Gasteiger partial charge on any atom is 0.0474 e. The lowest BCUT2D eigenvalue weighted by atomic mass is 10.1. The predicted molar refractivity (Wildman–Crippen MR) is 50.1 cm³/mol. The number of anilines is 1. The summed E-state index contributed by atoms with van der Waals surface area (Å²) < 4.78 is 0. The van der Waals surface area contributed by atoms with Crippen molar-refractivity contribution < 1.29 is 0 Å². The van der Waals surface area contributed by atoms with Crippen molar-refractivity contribution >= 4 is 17.0 Å². The Bertz CT molecular complexity index is 199. The van der Waals surface area contributed by atoms with Gasteiger partial charge in [0.05, 0.1) is 0 Å².